The molecule has 0 aliphatic carbocycles. The van der Waals surface area contributed by atoms with Crippen LogP contribution in [0.4, 0.5) is 0 Å². The van der Waals surface area contributed by atoms with Crippen molar-refractivity contribution in [3.8, 4) is 0 Å². The van der Waals surface area contributed by atoms with Gasteiger partial charge in [0.1, 0.15) is 5.69 Å². The van der Waals surface area contributed by atoms with E-state index in [4.69, 9.17) is 4.52 Å². The number of fused-ring (bicyclic) bond motifs is 1. The number of alkyl halides is 1. The van der Waals surface area contributed by atoms with Crippen LogP contribution in [0.1, 0.15) is 19.5 Å². The summed E-state index contributed by atoms with van der Waals surface area (Å²) in [6.07, 6.45) is 0.230. The van der Waals surface area contributed by atoms with E-state index in [-0.39, 0.29) is 17.9 Å². The van der Waals surface area contributed by atoms with Crippen molar-refractivity contribution in [3.63, 3.8) is 0 Å². The van der Waals surface area contributed by atoms with Crippen LogP contribution in [0, 0.1) is 0 Å². The van der Waals surface area contributed by atoms with Gasteiger partial charge in [0.25, 0.3) is 0 Å². The summed E-state index contributed by atoms with van der Waals surface area (Å²) >= 11 is 3.37. The number of carbonyl (C=O) groups is 1. The predicted octanol–water partition coefficient (Wildman–Crippen LogP) is 2.66. The maximum atomic E-state index is 11.9. The van der Waals surface area contributed by atoms with Gasteiger partial charge >= 0.3 is 0 Å². The number of hydrogen-bond donors (Lipinski definition) is 1. The van der Waals surface area contributed by atoms with Gasteiger partial charge in [-0.2, -0.15) is 0 Å². The third kappa shape index (κ3) is 2.90. The molecule has 0 saturated carbocycles. The van der Waals surface area contributed by atoms with Gasteiger partial charge in [0.2, 0.25) is 5.91 Å². The minimum Gasteiger partial charge on any atom is -0.356 e. The van der Waals surface area contributed by atoms with Crippen molar-refractivity contribution in [1.29, 1.82) is 0 Å². The smallest absolute Gasteiger partial charge is 0.226 e. The van der Waals surface area contributed by atoms with Gasteiger partial charge in [0, 0.05) is 16.3 Å². The van der Waals surface area contributed by atoms with E-state index < -0.39 is 0 Å². The molecule has 2 rings (SSSR count). The number of rotatable bonds is 4. The highest BCUT2D eigenvalue weighted by Crippen LogP contribution is 2.18. The first-order valence-electron chi connectivity index (χ1n) is 5.72. The predicted molar refractivity (Wildman–Crippen MR) is 73.7 cm³/mol. The van der Waals surface area contributed by atoms with Crippen LogP contribution in [0.3, 0.4) is 0 Å². The third-order valence-electron chi connectivity index (χ3n) is 2.59. The van der Waals surface area contributed by atoms with Gasteiger partial charge in [0.05, 0.1) is 6.42 Å². The molecule has 5 heteroatoms. The van der Waals surface area contributed by atoms with E-state index in [0.717, 1.165) is 5.39 Å². The molecule has 18 heavy (non-hydrogen) atoms. The molecule has 0 radical (unpaired) electrons. The van der Waals surface area contributed by atoms with E-state index in [1.807, 2.05) is 38.1 Å². The van der Waals surface area contributed by atoms with Crippen molar-refractivity contribution in [2.45, 2.75) is 25.8 Å². The lowest BCUT2D eigenvalue weighted by atomic mass is 10.1. The van der Waals surface area contributed by atoms with Crippen LogP contribution >= 0.6 is 15.9 Å². The number of halogens is 1. The molecular weight excluding hydrogens is 296 g/mol. The number of nitrogens with zero attached hydrogens (tertiary/aromatic N) is 1. The highest BCUT2D eigenvalue weighted by atomic mass is 79.9. The fourth-order valence-corrected chi connectivity index (χ4v) is 1.81. The summed E-state index contributed by atoms with van der Waals surface area (Å²) in [7, 11) is 0. The summed E-state index contributed by atoms with van der Waals surface area (Å²) in [6, 6.07) is 7.53. The van der Waals surface area contributed by atoms with Crippen molar-refractivity contribution in [2.75, 3.05) is 5.33 Å². The molecule has 0 aliphatic heterocycles. The molecule has 0 bridgehead atoms. The summed E-state index contributed by atoms with van der Waals surface area (Å²) in [5, 5.41) is 8.48. The van der Waals surface area contributed by atoms with Crippen molar-refractivity contribution >= 4 is 32.8 Å². The molecule has 1 N–H and O–H groups in total. The molecule has 0 unspecified atom stereocenters. The molecule has 0 saturated heterocycles. The summed E-state index contributed by atoms with van der Waals surface area (Å²) in [5.74, 6) is -0.0569. The Kier molecular flexibility index (Phi) is 3.71. The van der Waals surface area contributed by atoms with Crippen LogP contribution in [-0.2, 0) is 11.2 Å². The van der Waals surface area contributed by atoms with E-state index in [9.17, 15) is 4.79 Å². The highest BCUT2D eigenvalue weighted by Gasteiger charge is 2.20. The minimum atomic E-state index is -0.267. The van der Waals surface area contributed by atoms with Gasteiger partial charge in [-0.25, -0.2) is 0 Å². The lowest BCUT2D eigenvalue weighted by Gasteiger charge is -2.23. The van der Waals surface area contributed by atoms with E-state index >= 15 is 0 Å². The number of nitrogens with one attached hydrogen (secondary N) is 1. The highest BCUT2D eigenvalue weighted by molar-refractivity contribution is 9.09. The Morgan fingerprint density at radius 1 is 1.44 bits per heavy atom. The zero-order valence-corrected chi connectivity index (χ0v) is 12.0. The van der Waals surface area contributed by atoms with E-state index in [1.165, 1.54) is 0 Å². The summed E-state index contributed by atoms with van der Waals surface area (Å²) in [5.41, 5.74) is 1.12. The van der Waals surface area contributed by atoms with Gasteiger partial charge < -0.3 is 9.84 Å². The molecule has 4 nitrogen and oxygen atoms in total. The zero-order chi connectivity index (χ0) is 13.2. The second-order valence-corrected chi connectivity index (χ2v) is 5.43. The van der Waals surface area contributed by atoms with E-state index in [0.29, 0.717) is 16.6 Å². The van der Waals surface area contributed by atoms with Crippen LogP contribution in [0.15, 0.2) is 28.8 Å². The number of amides is 1. The summed E-state index contributed by atoms with van der Waals surface area (Å²) in [4.78, 5) is 11.9. The van der Waals surface area contributed by atoms with Gasteiger partial charge in [-0.05, 0) is 26.0 Å². The second kappa shape index (κ2) is 5.10. The SMILES string of the molecule is CC(C)(CBr)NC(=O)Cc1noc2ccccc12. The molecule has 1 amide bonds. The largest absolute Gasteiger partial charge is 0.356 e. The van der Waals surface area contributed by atoms with Crippen molar-refractivity contribution in [3.05, 3.63) is 30.0 Å². The number of hydrogen-bond acceptors (Lipinski definition) is 3. The normalized spacial score (nSPS) is 11.7. The maximum absolute atomic E-state index is 11.9. The average Bonchev–Trinajstić information content (AvgIpc) is 2.72. The van der Waals surface area contributed by atoms with Crippen molar-refractivity contribution < 1.29 is 9.32 Å². The molecule has 1 heterocycles. The third-order valence-corrected chi connectivity index (χ3v) is 3.99. The summed E-state index contributed by atoms with van der Waals surface area (Å²) < 4.78 is 5.17. The number of para-hydroxylation sites is 1. The molecular formula is C13H15BrN2O2. The van der Waals surface area contributed by atoms with Gasteiger partial charge in [-0.1, -0.05) is 33.2 Å². The average molecular weight is 311 g/mol. The number of benzene rings is 1. The first kappa shape index (κ1) is 13.1. The Bertz CT molecular complexity index is 563. The van der Waals surface area contributed by atoms with Gasteiger partial charge in [-0.3, -0.25) is 4.79 Å². The molecule has 96 valence electrons. The Labute approximate surface area is 114 Å². The second-order valence-electron chi connectivity index (χ2n) is 4.87. The molecule has 0 fully saturated rings. The lowest BCUT2D eigenvalue weighted by molar-refractivity contribution is -0.121. The Balaban J connectivity index is 2.12. The van der Waals surface area contributed by atoms with Crippen LogP contribution in [0.5, 0.6) is 0 Å². The monoisotopic (exact) mass is 310 g/mol. The molecule has 1 aromatic heterocycles. The van der Waals surface area contributed by atoms with Gasteiger partial charge in [0.15, 0.2) is 5.58 Å². The fourth-order valence-electron chi connectivity index (χ4n) is 1.67. The van der Waals surface area contributed by atoms with E-state index in [2.05, 4.69) is 26.4 Å². The Morgan fingerprint density at radius 2 is 2.17 bits per heavy atom. The fraction of sp³-hybridized carbons (Fsp3) is 0.385. The van der Waals surface area contributed by atoms with Crippen LogP contribution in [0.25, 0.3) is 11.0 Å². The first-order chi connectivity index (χ1) is 8.52. The van der Waals surface area contributed by atoms with Crippen LogP contribution in [-0.4, -0.2) is 21.9 Å². The maximum Gasteiger partial charge on any atom is 0.226 e. The molecule has 1 aromatic carbocycles. The van der Waals surface area contributed by atoms with E-state index in [1.54, 1.807) is 0 Å². The number of carbonyl (C=O) groups excluding carboxylic acids is 1. The zero-order valence-electron chi connectivity index (χ0n) is 10.4. The molecule has 0 aliphatic rings. The summed E-state index contributed by atoms with van der Waals surface area (Å²) in [6.45, 7) is 3.92. The Hall–Kier alpha value is -1.36. The van der Waals surface area contributed by atoms with Crippen molar-refractivity contribution in [2.24, 2.45) is 0 Å². The molecule has 0 spiro atoms. The van der Waals surface area contributed by atoms with Crippen LogP contribution < -0.4 is 5.32 Å². The minimum absolute atomic E-state index is 0.0569. The van der Waals surface area contributed by atoms with Gasteiger partial charge in [-0.15, -0.1) is 0 Å². The number of aromatic nitrogens is 1. The lowest BCUT2D eigenvalue weighted by Crippen LogP contribution is -2.45. The topological polar surface area (TPSA) is 55.1 Å². The Morgan fingerprint density at radius 3 is 2.89 bits per heavy atom. The van der Waals surface area contributed by atoms with Crippen molar-refractivity contribution in [1.82, 2.24) is 10.5 Å². The standard InChI is InChI=1S/C13H15BrN2O2/c1-13(2,8-14)15-12(17)7-10-9-5-3-4-6-11(9)18-16-10/h3-6H,7-8H2,1-2H3,(H,15,17). The quantitative estimate of drug-likeness (QED) is 0.883. The van der Waals surface area contributed by atoms with Crippen LogP contribution in [0.2, 0.25) is 0 Å². The first-order valence-corrected chi connectivity index (χ1v) is 6.84. The molecule has 2 aromatic rings. The molecule has 0 atom stereocenters.